The highest BCUT2D eigenvalue weighted by molar-refractivity contribution is 7.89. The van der Waals surface area contributed by atoms with Gasteiger partial charge < -0.3 is 15.4 Å². The van der Waals surface area contributed by atoms with Crippen LogP contribution in [0.3, 0.4) is 0 Å². The minimum absolute atomic E-state index is 0.0603. The van der Waals surface area contributed by atoms with Crippen LogP contribution in [0.5, 0.6) is 5.75 Å². The number of hydrogen-bond acceptors (Lipinski definition) is 6. The molecule has 1 aliphatic heterocycles. The lowest BCUT2D eigenvalue weighted by atomic mass is 10.1. The van der Waals surface area contributed by atoms with Crippen LogP contribution in [0, 0.1) is 0 Å². The Labute approximate surface area is 214 Å². The summed E-state index contributed by atoms with van der Waals surface area (Å²) in [6.07, 6.45) is -4.95. The Bertz CT molecular complexity index is 1500. The fourth-order valence-corrected chi connectivity index (χ4v) is 4.28. The van der Waals surface area contributed by atoms with Gasteiger partial charge in [-0.1, -0.05) is 30.3 Å². The smallest absolute Gasteiger partial charge is 0.406 e. The first-order valence-electron chi connectivity index (χ1n) is 10.4. The largest absolute Gasteiger partial charge is 0.573 e. The van der Waals surface area contributed by atoms with Crippen LogP contribution in [-0.4, -0.2) is 31.5 Å². The quantitative estimate of drug-likeness (QED) is 0.357. The standard InChI is InChI=1S/C23H18F3N5O4S2/c24-23(25,26)35-16-8-11-19-18(12-16)20(21(32)30(19)13-14-4-2-1-3-5-14)29-31(22(27)36)15-6-9-17(10-7-15)37(28,33)34/h1-12H,13H2,(H2,27,36)(H2,28,33,34)/b29-20-. The van der Waals surface area contributed by atoms with E-state index in [9.17, 15) is 26.4 Å². The van der Waals surface area contributed by atoms with Gasteiger partial charge in [0.05, 0.1) is 22.8 Å². The Morgan fingerprint density at radius 1 is 1.05 bits per heavy atom. The van der Waals surface area contributed by atoms with Gasteiger partial charge in [0.25, 0.3) is 5.91 Å². The monoisotopic (exact) mass is 549 g/mol. The van der Waals surface area contributed by atoms with Crippen LogP contribution in [-0.2, 0) is 21.4 Å². The number of hydrogen-bond donors (Lipinski definition) is 2. The number of nitrogens with zero attached hydrogens (tertiary/aromatic N) is 3. The Kier molecular flexibility index (Phi) is 6.90. The zero-order chi connectivity index (χ0) is 27.0. The number of ether oxygens (including phenoxy) is 1. The van der Waals surface area contributed by atoms with Crippen molar-refractivity contribution in [1.29, 1.82) is 0 Å². The molecule has 0 spiro atoms. The van der Waals surface area contributed by atoms with Crippen molar-refractivity contribution in [2.45, 2.75) is 17.8 Å². The average molecular weight is 550 g/mol. The highest BCUT2D eigenvalue weighted by atomic mass is 32.2. The van der Waals surface area contributed by atoms with E-state index in [2.05, 4.69) is 9.84 Å². The van der Waals surface area contributed by atoms with Crippen LogP contribution < -0.4 is 25.5 Å². The summed E-state index contributed by atoms with van der Waals surface area (Å²) in [7, 11) is -3.98. The fraction of sp³-hybridized carbons (Fsp3) is 0.0870. The van der Waals surface area contributed by atoms with E-state index < -0.39 is 28.0 Å². The first-order chi connectivity index (χ1) is 17.3. The molecular formula is C23H18F3N5O4S2. The highest BCUT2D eigenvalue weighted by Gasteiger charge is 2.37. The van der Waals surface area contributed by atoms with Gasteiger partial charge in [-0.2, -0.15) is 5.10 Å². The summed E-state index contributed by atoms with van der Waals surface area (Å²) in [5.74, 6) is -1.17. The number of fused-ring (bicyclic) bond motifs is 1. The molecule has 3 aromatic rings. The summed E-state index contributed by atoms with van der Waals surface area (Å²) >= 11 is 5.06. The first kappa shape index (κ1) is 26.1. The van der Waals surface area contributed by atoms with E-state index in [0.717, 1.165) is 22.7 Å². The van der Waals surface area contributed by atoms with Crippen molar-refractivity contribution >= 4 is 50.3 Å². The molecule has 4 N–H and O–H groups in total. The number of carbonyl (C=O) groups excluding carboxylic acids is 1. The normalized spacial score (nSPS) is 14.5. The third-order valence-corrected chi connectivity index (χ3v) is 6.30. The minimum atomic E-state index is -4.95. The number of benzene rings is 3. The molecule has 192 valence electrons. The van der Waals surface area contributed by atoms with Gasteiger partial charge in [-0.05, 0) is 60.2 Å². The third-order valence-electron chi connectivity index (χ3n) is 5.20. The topological polar surface area (TPSA) is 131 Å². The molecule has 0 saturated carbocycles. The average Bonchev–Trinajstić information content (AvgIpc) is 3.06. The van der Waals surface area contributed by atoms with Crippen molar-refractivity contribution < 1.29 is 31.1 Å². The molecule has 0 radical (unpaired) electrons. The Balaban J connectivity index is 1.80. The maximum absolute atomic E-state index is 13.5. The summed E-state index contributed by atoms with van der Waals surface area (Å²) in [6.45, 7) is 0.112. The first-order valence-corrected chi connectivity index (χ1v) is 12.4. The number of anilines is 2. The molecule has 1 amide bonds. The minimum Gasteiger partial charge on any atom is -0.406 e. The summed E-state index contributed by atoms with van der Waals surface area (Å²) < 4.78 is 65.7. The van der Waals surface area contributed by atoms with Crippen LogP contribution >= 0.6 is 12.2 Å². The second-order valence-corrected chi connectivity index (χ2v) is 9.72. The van der Waals surface area contributed by atoms with Crippen molar-refractivity contribution in [3.8, 4) is 5.75 Å². The number of primary sulfonamides is 1. The van der Waals surface area contributed by atoms with Crippen molar-refractivity contribution in [3.63, 3.8) is 0 Å². The number of amides is 1. The number of carbonyl (C=O) groups is 1. The maximum atomic E-state index is 13.5. The SMILES string of the molecule is NC(=S)N(/N=C1\C(=O)N(Cc2ccccc2)c2ccc(OC(F)(F)F)cc21)c1ccc(S(N)(=O)=O)cc1. The number of nitrogens with two attached hydrogens (primary N) is 2. The predicted octanol–water partition coefficient (Wildman–Crippen LogP) is 3.23. The zero-order valence-electron chi connectivity index (χ0n) is 18.7. The van der Waals surface area contributed by atoms with Crippen LogP contribution in [0.1, 0.15) is 11.1 Å². The molecule has 14 heteroatoms. The molecule has 9 nitrogen and oxygen atoms in total. The summed E-state index contributed by atoms with van der Waals surface area (Å²) in [6, 6.07) is 17.4. The number of hydrazone groups is 1. The molecule has 0 fully saturated rings. The maximum Gasteiger partial charge on any atom is 0.573 e. The number of halogens is 3. The van der Waals surface area contributed by atoms with E-state index in [-0.39, 0.29) is 33.5 Å². The number of thiocarbonyl (C=S) groups is 1. The Hall–Kier alpha value is -4.01. The van der Waals surface area contributed by atoms with Crippen LogP contribution in [0.25, 0.3) is 0 Å². The van der Waals surface area contributed by atoms with Crippen molar-refractivity contribution in [2.24, 2.45) is 16.0 Å². The Morgan fingerprint density at radius 3 is 2.27 bits per heavy atom. The van der Waals surface area contributed by atoms with Gasteiger partial charge in [0, 0.05) is 5.56 Å². The second-order valence-electron chi connectivity index (χ2n) is 7.74. The van der Waals surface area contributed by atoms with Gasteiger partial charge in [-0.3, -0.25) is 4.79 Å². The van der Waals surface area contributed by atoms with E-state index in [1.807, 2.05) is 0 Å². The van der Waals surface area contributed by atoms with Gasteiger partial charge >= 0.3 is 6.36 Å². The van der Waals surface area contributed by atoms with Crippen LogP contribution in [0.2, 0.25) is 0 Å². The van der Waals surface area contributed by atoms with E-state index in [4.69, 9.17) is 23.1 Å². The Morgan fingerprint density at radius 2 is 1.70 bits per heavy atom. The van der Waals surface area contributed by atoms with Gasteiger partial charge in [0.15, 0.2) is 10.8 Å². The number of alkyl halides is 3. The van der Waals surface area contributed by atoms with Crippen molar-refractivity contribution in [2.75, 3.05) is 9.91 Å². The fourth-order valence-electron chi connectivity index (χ4n) is 3.62. The molecule has 0 atom stereocenters. The molecule has 0 aromatic heterocycles. The number of rotatable bonds is 6. The summed E-state index contributed by atoms with van der Waals surface area (Å²) in [5, 5.41) is 10.1. The lowest BCUT2D eigenvalue weighted by molar-refractivity contribution is -0.274. The van der Waals surface area contributed by atoms with E-state index in [1.165, 1.54) is 35.2 Å². The predicted molar refractivity (Wildman–Crippen MR) is 134 cm³/mol. The third kappa shape index (κ3) is 5.87. The van der Waals surface area contributed by atoms with Crippen molar-refractivity contribution in [3.05, 3.63) is 83.9 Å². The lowest BCUT2D eigenvalue weighted by Gasteiger charge is -2.19. The second kappa shape index (κ2) is 9.80. The molecular weight excluding hydrogens is 531 g/mol. The van der Waals surface area contributed by atoms with Gasteiger partial charge in [0.1, 0.15) is 5.75 Å². The lowest BCUT2D eigenvalue weighted by Crippen LogP contribution is -2.35. The summed E-state index contributed by atoms with van der Waals surface area (Å²) in [4.78, 5) is 14.6. The van der Waals surface area contributed by atoms with Gasteiger partial charge in [-0.15, -0.1) is 13.2 Å². The number of sulfonamides is 1. The summed E-state index contributed by atoms with van der Waals surface area (Å²) in [5.41, 5.74) is 6.88. The molecule has 0 bridgehead atoms. The molecule has 37 heavy (non-hydrogen) atoms. The molecule has 1 heterocycles. The molecule has 0 aliphatic carbocycles. The van der Waals surface area contributed by atoms with Crippen LogP contribution in [0.15, 0.2) is 82.8 Å². The molecule has 4 rings (SSSR count). The van der Waals surface area contributed by atoms with E-state index in [1.54, 1.807) is 30.3 Å². The van der Waals surface area contributed by atoms with E-state index in [0.29, 0.717) is 5.69 Å². The zero-order valence-corrected chi connectivity index (χ0v) is 20.3. The molecule has 3 aromatic carbocycles. The van der Waals surface area contributed by atoms with Gasteiger partial charge in [0.2, 0.25) is 10.0 Å². The van der Waals surface area contributed by atoms with Crippen molar-refractivity contribution in [1.82, 2.24) is 0 Å². The van der Waals surface area contributed by atoms with Crippen LogP contribution in [0.4, 0.5) is 24.5 Å². The van der Waals surface area contributed by atoms with E-state index >= 15 is 0 Å². The molecule has 0 unspecified atom stereocenters. The molecule has 1 aliphatic rings. The highest BCUT2D eigenvalue weighted by Crippen LogP contribution is 2.36. The molecule has 0 saturated heterocycles. The van der Waals surface area contributed by atoms with Gasteiger partial charge in [-0.25, -0.2) is 18.6 Å².